The van der Waals surface area contributed by atoms with Crippen molar-refractivity contribution in [3.05, 3.63) is 83.5 Å². The Morgan fingerprint density at radius 3 is 2.73 bits per heavy atom. The number of rotatable bonds is 6. The Balaban J connectivity index is 1.26. The molecule has 2 saturated heterocycles. The van der Waals surface area contributed by atoms with Crippen LogP contribution in [0.2, 0.25) is 0 Å². The van der Waals surface area contributed by atoms with Crippen LogP contribution in [0.3, 0.4) is 0 Å². The zero-order valence-corrected chi connectivity index (χ0v) is 24.7. The number of hydrogen-bond acceptors (Lipinski definition) is 5. The van der Waals surface area contributed by atoms with Crippen LogP contribution in [0.25, 0.3) is 17.2 Å². The summed E-state index contributed by atoms with van der Waals surface area (Å²) in [7, 11) is 0. The molecule has 4 aliphatic rings. The van der Waals surface area contributed by atoms with Crippen LogP contribution in [0.15, 0.2) is 51.8 Å². The number of benzene rings is 1. The molecule has 1 aliphatic carbocycles. The van der Waals surface area contributed by atoms with Gasteiger partial charge in [-0.05, 0) is 0 Å². The number of pyridine rings is 1. The van der Waals surface area contributed by atoms with Gasteiger partial charge >= 0.3 is 230 Å². The first-order chi connectivity index (χ1) is 19.7. The van der Waals surface area contributed by atoms with Crippen LogP contribution < -0.4 is 21.5 Å². The molecule has 2 fully saturated rings. The van der Waals surface area contributed by atoms with E-state index in [9.17, 15) is 22.8 Å². The van der Waals surface area contributed by atoms with Crippen molar-refractivity contribution in [1.29, 1.82) is 0 Å². The second-order valence-electron chi connectivity index (χ2n) is 11.2. The molecule has 0 unspecified atom stereocenters. The Bertz CT molecular complexity index is 1670. The summed E-state index contributed by atoms with van der Waals surface area (Å²) in [5.41, 5.74) is 6.22. The van der Waals surface area contributed by atoms with Crippen LogP contribution in [-0.2, 0) is 25.9 Å². The van der Waals surface area contributed by atoms with Gasteiger partial charge in [0.15, 0.2) is 0 Å². The van der Waals surface area contributed by atoms with Crippen molar-refractivity contribution in [3.8, 4) is 11.1 Å². The minimum absolute atomic E-state index is 0.0694. The van der Waals surface area contributed by atoms with Gasteiger partial charge in [-0.2, -0.15) is 13.2 Å². The van der Waals surface area contributed by atoms with E-state index in [1.807, 2.05) is 12.3 Å². The molecule has 7 rings (SSSR count). The summed E-state index contributed by atoms with van der Waals surface area (Å²) in [4.78, 5) is 32.6. The number of allylic oxidation sites excluding steroid dienone is 1. The standard InChI is InChI=1S/C30H31F3IN5O2/c31-30(32,33)18-37-11-5-27(40)39(29(37)41)17-19-12-24-23(4-9-36-26(24)13-19)25-15-21(34-6-7-34)14-20-2-1-10-38(28(20)25)22-3-8-35-16-22/h4-5,9,11,13-15,22,35H,1-3,6-8,10,12,16-18H2/t22-/m0/s1. The Kier molecular flexibility index (Phi) is 6.84. The molecule has 3 aromatic rings. The number of aromatic nitrogens is 3. The van der Waals surface area contributed by atoms with E-state index in [2.05, 4.69) is 33.4 Å². The van der Waals surface area contributed by atoms with Crippen molar-refractivity contribution in [3.63, 3.8) is 0 Å². The summed E-state index contributed by atoms with van der Waals surface area (Å²) in [6.07, 6.45) is 3.90. The average molecular weight is 678 g/mol. The molecular formula is C30H31F3IN5O2. The maximum atomic E-state index is 13.0. The Labute approximate surface area is 242 Å². The van der Waals surface area contributed by atoms with Gasteiger partial charge in [0.1, 0.15) is 0 Å². The van der Waals surface area contributed by atoms with E-state index in [1.165, 1.54) is 25.7 Å². The van der Waals surface area contributed by atoms with Crippen molar-refractivity contribution in [1.82, 2.24) is 19.4 Å². The molecule has 5 heterocycles. The van der Waals surface area contributed by atoms with Crippen molar-refractivity contribution < 1.29 is 13.2 Å². The van der Waals surface area contributed by atoms with Gasteiger partial charge in [0.05, 0.1) is 0 Å². The van der Waals surface area contributed by atoms with Crippen LogP contribution in [0, 0.1) is 3.57 Å². The van der Waals surface area contributed by atoms with Gasteiger partial charge in [0.25, 0.3) is 0 Å². The number of hydrogen-bond donors (Lipinski definition) is 1. The van der Waals surface area contributed by atoms with Crippen molar-refractivity contribution in [2.75, 3.05) is 33.4 Å². The number of alkyl halides is 5. The summed E-state index contributed by atoms with van der Waals surface area (Å²) >= 11 is -1.04. The fourth-order valence-corrected chi connectivity index (χ4v) is 10.9. The van der Waals surface area contributed by atoms with Crippen LogP contribution in [0.1, 0.15) is 29.7 Å². The molecule has 0 radical (unpaired) electrons. The van der Waals surface area contributed by atoms with E-state index >= 15 is 0 Å². The zero-order chi connectivity index (χ0) is 28.3. The van der Waals surface area contributed by atoms with E-state index in [1.54, 1.807) is 3.57 Å². The fourth-order valence-electron chi connectivity index (χ4n) is 6.48. The summed E-state index contributed by atoms with van der Waals surface area (Å²) < 4.78 is 44.7. The number of anilines is 1. The van der Waals surface area contributed by atoms with Gasteiger partial charge in [-0.1, -0.05) is 0 Å². The van der Waals surface area contributed by atoms with Crippen molar-refractivity contribution in [2.24, 2.45) is 0 Å². The van der Waals surface area contributed by atoms with E-state index in [-0.39, 0.29) is 6.54 Å². The molecule has 216 valence electrons. The minimum atomic E-state index is -4.56. The molecule has 0 amide bonds. The van der Waals surface area contributed by atoms with Gasteiger partial charge in [0, 0.05) is 0 Å². The van der Waals surface area contributed by atoms with E-state index < -0.39 is 43.8 Å². The van der Waals surface area contributed by atoms with E-state index in [4.69, 9.17) is 0 Å². The third-order valence-corrected chi connectivity index (χ3v) is 13.0. The molecule has 1 N–H and O–H groups in total. The predicted octanol–water partition coefficient (Wildman–Crippen LogP) is 4.08. The quantitative estimate of drug-likeness (QED) is 0.315. The molecule has 0 saturated carbocycles. The monoisotopic (exact) mass is 677 g/mol. The zero-order valence-electron chi connectivity index (χ0n) is 22.5. The number of fused-ring (bicyclic) bond motifs is 2. The number of nitrogens with zero attached hydrogens (tertiary/aromatic N) is 4. The molecule has 11 heteroatoms. The fraction of sp³-hybridized carbons (Fsp3) is 0.433. The second-order valence-corrected chi connectivity index (χ2v) is 17.2. The van der Waals surface area contributed by atoms with Crippen LogP contribution in [0.5, 0.6) is 0 Å². The topological polar surface area (TPSA) is 72.2 Å². The number of halogens is 4. The first-order valence-electron chi connectivity index (χ1n) is 14.1. The normalized spacial score (nSPS) is 20.7. The first kappa shape index (κ1) is 26.9. The summed E-state index contributed by atoms with van der Waals surface area (Å²) in [5, 5.41) is 3.53. The van der Waals surface area contributed by atoms with Gasteiger partial charge in [0.2, 0.25) is 0 Å². The predicted molar refractivity (Wildman–Crippen MR) is 162 cm³/mol. The van der Waals surface area contributed by atoms with Gasteiger partial charge in [-0.3, -0.25) is 0 Å². The first-order valence-corrected chi connectivity index (χ1v) is 18.2. The maximum absolute atomic E-state index is 13.0. The third kappa shape index (κ3) is 5.26. The summed E-state index contributed by atoms with van der Waals surface area (Å²) in [5.74, 6) is 0. The Morgan fingerprint density at radius 2 is 1.98 bits per heavy atom. The summed E-state index contributed by atoms with van der Waals surface area (Å²) in [6.45, 7) is 1.54. The number of aryl methyl sites for hydroxylation is 1. The molecular weight excluding hydrogens is 646 g/mol. The van der Waals surface area contributed by atoms with Crippen LogP contribution in [0.4, 0.5) is 18.9 Å². The molecule has 7 nitrogen and oxygen atoms in total. The molecule has 1 aromatic carbocycles. The Morgan fingerprint density at radius 1 is 1.12 bits per heavy atom. The van der Waals surface area contributed by atoms with Crippen molar-refractivity contribution >= 4 is 31.6 Å². The molecule has 0 spiro atoms. The molecule has 41 heavy (non-hydrogen) atoms. The average Bonchev–Trinajstić information content (AvgIpc) is 3.48. The summed E-state index contributed by atoms with van der Waals surface area (Å²) in [6, 6.07) is 8.49. The molecule has 2 aromatic heterocycles. The van der Waals surface area contributed by atoms with Gasteiger partial charge in [-0.15, -0.1) is 0 Å². The third-order valence-electron chi connectivity index (χ3n) is 8.42. The number of nitrogens with one attached hydrogen (secondary N) is 1. The Hall–Kier alpha value is -2.93. The molecule has 1 atom stereocenters. The van der Waals surface area contributed by atoms with E-state index in [0.29, 0.717) is 17.0 Å². The molecule has 3 aliphatic heterocycles. The van der Waals surface area contributed by atoms with Crippen LogP contribution >= 0.6 is 19.8 Å². The SMILES string of the molecule is O=c1ccn(CC(F)(F)F)c(=O)n1CC1=Cc2nccc(-c3cc(I4CC4)cc4c3N([C@H]3CCNC3)CCC4)c2C1. The van der Waals surface area contributed by atoms with Gasteiger partial charge in [-0.25, -0.2) is 0 Å². The van der Waals surface area contributed by atoms with Gasteiger partial charge < -0.3 is 0 Å². The second kappa shape index (κ2) is 10.4. The van der Waals surface area contributed by atoms with Crippen LogP contribution in [-0.4, -0.2) is 54.8 Å². The van der Waals surface area contributed by atoms with E-state index in [0.717, 1.165) is 78.1 Å². The molecule has 0 bridgehead atoms. The van der Waals surface area contributed by atoms with Crippen molar-refractivity contribution in [2.45, 2.75) is 51.0 Å².